The zero-order valence-corrected chi connectivity index (χ0v) is 23.2. The van der Waals surface area contributed by atoms with E-state index in [4.69, 9.17) is 14.3 Å². The summed E-state index contributed by atoms with van der Waals surface area (Å²) >= 11 is 2.80. The Labute approximate surface area is 234 Å². The molecule has 0 saturated carbocycles. The molecule has 5 rings (SSSR count). The maximum atomic E-state index is 11.3. The van der Waals surface area contributed by atoms with Crippen molar-refractivity contribution in [2.75, 3.05) is 11.0 Å². The Morgan fingerprint density at radius 3 is 2.50 bits per heavy atom. The number of rotatable bonds is 9. The molecule has 204 valence electrons. The van der Waals surface area contributed by atoms with Gasteiger partial charge in [0, 0.05) is 18.5 Å². The highest BCUT2D eigenvalue weighted by Crippen LogP contribution is 2.31. The maximum Gasteiger partial charge on any atom is 0.347 e. The number of sulfonamides is 1. The smallest absolute Gasteiger partial charge is 0.313 e. The van der Waals surface area contributed by atoms with Crippen LogP contribution in [0.5, 0.6) is 0 Å². The zero-order chi connectivity index (χ0) is 28.7. The van der Waals surface area contributed by atoms with Gasteiger partial charge in [-0.05, 0) is 31.1 Å². The van der Waals surface area contributed by atoms with Crippen LogP contribution in [0.4, 0.5) is 17.7 Å². The Morgan fingerprint density at radius 2 is 1.85 bits per heavy atom. The minimum absolute atomic E-state index is 0.0649. The third kappa shape index (κ3) is 7.19. The molecule has 0 aliphatic carbocycles. The van der Waals surface area contributed by atoms with Gasteiger partial charge in [0.25, 0.3) is 0 Å². The maximum absolute atomic E-state index is 11.3. The molecular formula is C21H18N12O4S3. The first-order valence-electron chi connectivity index (χ1n) is 10.8. The number of nitrogens with one attached hydrogen (secondary N) is 1. The average molecular weight is 599 g/mol. The van der Waals surface area contributed by atoms with Crippen LogP contribution in [0.25, 0.3) is 22.4 Å². The number of thioether (sulfide) groups is 1. The van der Waals surface area contributed by atoms with E-state index in [-0.39, 0.29) is 17.9 Å². The van der Waals surface area contributed by atoms with Crippen LogP contribution in [0.2, 0.25) is 0 Å². The van der Waals surface area contributed by atoms with Crippen LogP contribution in [0.15, 0.2) is 53.8 Å². The first-order valence-corrected chi connectivity index (χ1v) is 14.4. The molecule has 1 N–H and O–H groups in total. The van der Waals surface area contributed by atoms with E-state index >= 15 is 0 Å². The van der Waals surface area contributed by atoms with Gasteiger partial charge in [-0.3, -0.25) is 9.40 Å². The fourth-order valence-electron chi connectivity index (χ4n) is 2.97. The summed E-state index contributed by atoms with van der Waals surface area (Å²) in [6, 6.07) is 9.30. The highest BCUT2D eigenvalue weighted by molar-refractivity contribution is 8.00. The number of anilines is 1. The summed E-state index contributed by atoms with van der Waals surface area (Å²) in [6.07, 6.45) is 2.55. The fraction of sp³-hybridized carbons (Fsp3) is 0.143. The molecule has 0 spiro atoms. The van der Waals surface area contributed by atoms with Crippen LogP contribution in [0.3, 0.4) is 0 Å². The number of aliphatic imine (C=N–C) groups is 2. The molecule has 4 heterocycles. The monoisotopic (exact) mass is 598 g/mol. The highest BCUT2D eigenvalue weighted by Gasteiger charge is 2.17. The summed E-state index contributed by atoms with van der Waals surface area (Å²) in [6.45, 7) is 6.57. The van der Waals surface area contributed by atoms with Crippen molar-refractivity contribution in [3.05, 3.63) is 41.6 Å². The van der Waals surface area contributed by atoms with Gasteiger partial charge < -0.3 is 9.05 Å². The molecule has 40 heavy (non-hydrogen) atoms. The van der Waals surface area contributed by atoms with Crippen molar-refractivity contribution in [3.8, 4) is 28.4 Å². The molecule has 0 bridgehead atoms. The van der Waals surface area contributed by atoms with Gasteiger partial charge in [-0.15, -0.1) is 10.2 Å². The lowest BCUT2D eigenvalue weighted by Gasteiger charge is -2.05. The molecule has 1 aromatic carbocycles. The van der Waals surface area contributed by atoms with E-state index in [1.54, 1.807) is 25.2 Å². The Bertz CT molecular complexity index is 1800. The van der Waals surface area contributed by atoms with Gasteiger partial charge >= 0.3 is 12.0 Å². The quantitative estimate of drug-likeness (QED) is 0.190. The Balaban J connectivity index is 0.000000210. The Hall–Kier alpha value is -4.80. The van der Waals surface area contributed by atoms with Gasteiger partial charge in [0.05, 0.1) is 12.5 Å². The topological polar surface area (TPSA) is 216 Å². The molecule has 19 heteroatoms. The lowest BCUT2D eigenvalue weighted by molar-refractivity contribution is 0.430. The van der Waals surface area contributed by atoms with Gasteiger partial charge in [0.2, 0.25) is 21.7 Å². The van der Waals surface area contributed by atoms with Crippen LogP contribution in [0, 0.1) is 11.3 Å². The molecule has 0 atom stereocenters. The van der Waals surface area contributed by atoms with Crippen LogP contribution in [0.1, 0.15) is 11.1 Å². The van der Waals surface area contributed by atoms with Crippen LogP contribution in [-0.2, 0) is 22.8 Å². The molecular weight excluding hydrogens is 581 g/mol. The molecule has 0 aliphatic rings. The number of hydrogen-bond acceptors (Lipinski definition) is 16. The number of nitrogens with zero attached hydrogens (tertiary/aromatic N) is 11. The van der Waals surface area contributed by atoms with E-state index in [1.165, 1.54) is 34.0 Å². The van der Waals surface area contributed by atoms with E-state index in [9.17, 15) is 8.42 Å². The normalized spacial score (nSPS) is 10.8. The van der Waals surface area contributed by atoms with E-state index in [0.717, 1.165) is 16.2 Å². The van der Waals surface area contributed by atoms with E-state index in [0.29, 0.717) is 33.5 Å². The predicted molar refractivity (Wildman–Crippen MR) is 147 cm³/mol. The zero-order valence-electron chi connectivity index (χ0n) is 20.8. The molecule has 0 radical (unpaired) electrons. The SMILES string of the molecule is C=Nc1nc(-c2c(C#N)cnn2C)no1.C=Nc1nc(-c2nnc(SCc3cccc(NS(C)(=O)=O)c3)s2)no1. The van der Waals surface area contributed by atoms with Crippen molar-refractivity contribution in [1.29, 1.82) is 5.26 Å². The van der Waals surface area contributed by atoms with Gasteiger partial charge in [-0.25, -0.2) is 18.4 Å². The second-order valence-electron chi connectivity index (χ2n) is 7.50. The predicted octanol–water partition coefficient (Wildman–Crippen LogP) is 3.26. The van der Waals surface area contributed by atoms with E-state index in [2.05, 4.69) is 63.7 Å². The second-order valence-corrected chi connectivity index (χ2v) is 11.4. The number of hydrogen-bond donors (Lipinski definition) is 1. The average Bonchev–Trinajstić information content (AvgIpc) is 3.73. The molecule has 5 aromatic rings. The standard InChI is InChI=1S/C13H12N6O3S3.C8H6N6O/c1-14-12-15-10(18-22-12)11-16-17-13(24-11)23-7-8-4-3-5-9(6-8)19-25(2,20)21;1-10-8-12-7(13-15-8)6-5(3-9)4-11-14(6)2/h3-6,19H,1,7H2,2H3;4H,1H2,2H3. The molecule has 4 aromatic heterocycles. The Morgan fingerprint density at radius 1 is 1.15 bits per heavy atom. The largest absolute Gasteiger partial charge is 0.347 e. The van der Waals surface area contributed by atoms with Gasteiger partial charge in [0.15, 0.2) is 9.35 Å². The molecule has 0 aliphatic heterocycles. The lowest BCUT2D eigenvalue weighted by Crippen LogP contribution is -2.09. The number of aromatic nitrogens is 8. The van der Waals surface area contributed by atoms with Crippen LogP contribution < -0.4 is 4.72 Å². The Kier molecular flexibility index (Phi) is 8.73. The van der Waals surface area contributed by atoms with Gasteiger partial charge in [-0.1, -0.05) is 45.5 Å². The summed E-state index contributed by atoms with van der Waals surface area (Å²) < 4.78 is 36.9. The molecule has 0 fully saturated rings. The minimum Gasteiger partial charge on any atom is -0.313 e. The third-order valence-electron chi connectivity index (χ3n) is 4.56. The summed E-state index contributed by atoms with van der Waals surface area (Å²) in [7, 11) is -1.61. The number of benzene rings is 1. The van der Waals surface area contributed by atoms with Crippen molar-refractivity contribution in [1.82, 2.24) is 40.3 Å². The second kappa shape index (κ2) is 12.4. The molecule has 0 amide bonds. The lowest BCUT2D eigenvalue weighted by atomic mass is 10.2. The number of aryl methyl sites for hydroxylation is 1. The minimum atomic E-state index is -3.30. The highest BCUT2D eigenvalue weighted by atomic mass is 32.2. The molecule has 0 unspecified atom stereocenters. The summed E-state index contributed by atoms with van der Waals surface area (Å²) in [5.74, 6) is 1.19. The van der Waals surface area contributed by atoms with Gasteiger partial charge in [0.1, 0.15) is 17.3 Å². The van der Waals surface area contributed by atoms with Crippen molar-refractivity contribution >= 4 is 64.3 Å². The van der Waals surface area contributed by atoms with E-state index < -0.39 is 10.0 Å². The fourth-order valence-corrected chi connectivity index (χ4v) is 5.24. The first kappa shape index (κ1) is 28.2. The summed E-state index contributed by atoms with van der Waals surface area (Å²) in [5.41, 5.74) is 2.35. The van der Waals surface area contributed by atoms with Gasteiger partial charge in [-0.2, -0.15) is 20.3 Å². The molecule has 0 saturated heterocycles. The van der Waals surface area contributed by atoms with Crippen LogP contribution in [-0.4, -0.2) is 68.4 Å². The number of nitriles is 1. The van der Waals surface area contributed by atoms with Crippen molar-refractivity contribution < 1.29 is 17.5 Å². The van der Waals surface area contributed by atoms with Crippen molar-refractivity contribution in [2.45, 2.75) is 10.1 Å². The van der Waals surface area contributed by atoms with Crippen molar-refractivity contribution in [3.63, 3.8) is 0 Å². The summed E-state index contributed by atoms with van der Waals surface area (Å²) in [4.78, 5) is 15.0. The summed E-state index contributed by atoms with van der Waals surface area (Å²) in [5, 5.41) is 28.8. The first-order chi connectivity index (χ1) is 19.2. The molecule has 16 nitrogen and oxygen atoms in total. The van der Waals surface area contributed by atoms with Crippen molar-refractivity contribution in [2.24, 2.45) is 17.0 Å². The van der Waals surface area contributed by atoms with Crippen LogP contribution >= 0.6 is 23.1 Å². The third-order valence-corrected chi connectivity index (χ3v) is 7.29. The van der Waals surface area contributed by atoms with E-state index in [1.807, 2.05) is 12.1 Å².